The molecular weight excluding hydrogens is 244 g/mol. The van der Waals surface area contributed by atoms with E-state index in [9.17, 15) is 0 Å². The molecule has 20 heavy (non-hydrogen) atoms. The summed E-state index contributed by atoms with van der Waals surface area (Å²) in [5.74, 6) is 0.978. The molecule has 0 spiro atoms. The van der Waals surface area contributed by atoms with Crippen molar-refractivity contribution in [2.24, 2.45) is 0 Å². The minimum absolute atomic E-state index is 0.978. The Bertz CT molecular complexity index is 697. The lowest BCUT2D eigenvalue weighted by atomic mass is 9.80. The molecule has 1 heteroatoms. The number of hydrogen-bond acceptors (Lipinski definition) is 1. The molecular formula is C19H20O. The van der Waals surface area contributed by atoms with Crippen LogP contribution >= 0.6 is 0 Å². The zero-order valence-electron chi connectivity index (χ0n) is 12.3. The second-order valence-corrected chi connectivity index (χ2v) is 6.06. The highest BCUT2D eigenvalue weighted by Gasteiger charge is 2.25. The molecule has 1 nitrogen and oxygen atoms in total. The molecule has 2 aromatic rings. The summed E-state index contributed by atoms with van der Waals surface area (Å²) < 4.78 is 5.37. The fraction of sp³-hybridized carbons (Fsp3) is 0.368. The van der Waals surface area contributed by atoms with Crippen molar-refractivity contribution >= 4 is 0 Å². The molecule has 0 N–H and O–H groups in total. The molecule has 0 heterocycles. The van der Waals surface area contributed by atoms with Crippen LogP contribution in [0, 0.1) is 6.92 Å². The Morgan fingerprint density at radius 3 is 2.65 bits per heavy atom. The smallest absolute Gasteiger partial charge is 0.119 e. The number of aryl methyl sites for hydroxylation is 3. The van der Waals surface area contributed by atoms with Gasteiger partial charge in [0, 0.05) is 0 Å². The van der Waals surface area contributed by atoms with Gasteiger partial charge in [-0.3, -0.25) is 0 Å². The van der Waals surface area contributed by atoms with Crippen LogP contribution in [0.1, 0.15) is 34.2 Å². The maximum atomic E-state index is 5.37. The van der Waals surface area contributed by atoms with Crippen molar-refractivity contribution in [3.8, 4) is 16.9 Å². The van der Waals surface area contributed by atoms with Gasteiger partial charge in [-0.1, -0.05) is 12.1 Å². The van der Waals surface area contributed by atoms with E-state index in [2.05, 4.69) is 31.2 Å². The van der Waals surface area contributed by atoms with Gasteiger partial charge >= 0.3 is 0 Å². The zero-order valence-corrected chi connectivity index (χ0v) is 12.3. The van der Waals surface area contributed by atoms with Crippen LogP contribution in [0.15, 0.2) is 24.3 Å². The highest BCUT2D eigenvalue weighted by Crippen LogP contribution is 2.42. The fourth-order valence-corrected chi connectivity index (χ4v) is 4.05. The first-order valence-corrected chi connectivity index (χ1v) is 7.59. The molecule has 4 rings (SSSR count). The normalized spacial score (nSPS) is 15.5. The number of ether oxygens (including phenoxy) is 1. The largest absolute Gasteiger partial charge is 0.497 e. The van der Waals surface area contributed by atoms with Crippen molar-refractivity contribution in [2.75, 3.05) is 7.11 Å². The Kier molecular flexibility index (Phi) is 2.63. The van der Waals surface area contributed by atoms with Crippen LogP contribution in [0.5, 0.6) is 5.75 Å². The van der Waals surface area contributed by atoms with Gasteiger partial charge in [-0.2, -0.15) is 0 Å². The molecule has 2 aliphatic rings. The van der Waals surface area contributed by atoms with Crippen LogP contribution in [-0.4, -0.2) is 7.11 Å². The van der Waals surface area contributed by atoms with E-state index in [4.69, 9.17) is 4.74 Å². The first-order valence-electron chi connectivity index (χ1n) is 7.59. The maximum absolute atomic E-state index is 5.37. The SMILES string of the molecule is COc1ccc2c(c1)CCc1c3c(cc(C)c1-2)CCC3. The minimum atomic E-state index is 0.978. The van der Waals surface area contributed by atoms with E-state index in [0.717, 1.165) is 12.2 Å². The van der Waals surface area contributed by atoms with Crippen molar-refractivity contribution in [3.05, 3.63) is 52.1 Å². The Labute approximate surface area is 120 Å². The average Bonchev–Trinajstić information content (AvgIpc) is 2.94. The van der Waals surface area contributed by atoms with E-state index in [1.807, 2.05) is 0 Å². The molecule has 0 fully saturated rings. The molecule has 0 unspecified atom stereocenters. The standard InChI is InChI=1S/C19H20O/c1-12-10-13-4-3-5-16(13)18-8-6-14-11-15(20-2)7-9-17(14)19(12)18/h7,9-11H,3-6,8H2,1-2H3. The molecule has 0 aliphatic heterocycles. The van der Waals surface area contributed by atoms with Crippen LogP contribution < -0.4 is 4.74 Å². The third-order valence-electron chi connectivity index (χ3n) is 4.94. The lowest BCUT2D eigenvalue weighted by molar-refractivity contribution is 0.414. The summed E-state index contributed by atoms with van der Waals surface area (Å²) in [7, 11) is 1.75. The predicted octanol–water partition coefficient (Wildman–Crippen LogP) is 4.26. The minimum Gasteiger partial charge on any atom is -0.497 e. The van der Waals surface area contributed by atoms with Crippen LogP contribution in [-0.2, 0) is 25.7 Å². The van der Waals surface area contributed by atoms with E-state index in [1.54, 1.807) is 23.8 Å². The van der Waals surface area contributed by atoms with Crippen molar-refractivity contribution < 1.29 is 4.74 Å². The molecule has 0 radical (unpaired) electrons. The van der Waals surface area contributed by atoms with Gasteiger partial charge < -0.3 is 4.74 Å². The second kappa shape index (κ2) is 4.37. The van der Waals surface area contributed by atoms with E-state index in [1.165, 1.54) is 47.9 Å². The lowest BCUT2D eigenvalue weighted by Crippen LogP contribution is -2.09. The van der Waals surface area contributed by atoms with Gasteiger partial charge in [0.25, 0.3) is 0 Å². The summed E-state index contributed by atoms with van der Waals surface area (Å²) in [6.45, 7) is 2.27. The van der Waals surface area contributed by atoms with Crippen LogP contribution in [0.4, 0.5) is 0 Å². The highest BCUT2D eigenvalue weighted by atomic mass is 16.5. The van der Waals surface area contributed by atoms with Crippen LogP contribution in [0.25, 0.3) is 11.1 Å². The van der Waals surface area contributed by atoms with Gasteiger partial charge in [-0.25, -0.2) is 0 Å². The summed E-state index contributed by atoms with van der Waals surface area (Å²) in [6, 6.07) is 8.99. The number of rotatable bonds is 1. The molecule has 102 valence electrons. The van der Waals surface area contributed by atoms with Crippen molar-refractivity contribution in [3.63, 3.8) is 0 Å². The number of benzene rings is 2. The molecule has 0 bridgehead atoms. The van der Waals surface area contributed by atoms with E-state index in [0.29, 0.717) is 0 Å². The number of hydrogen-bond donors (Lipinski definition) is 0. The predicted molar refractivity (Wildman–Crippen MR) is 82.6 cm³/mol. The van der Waals surface area contributed by atoms with Gasteiger partial charge in [0.15, 0.2) is 0 Å². The van der Waals surface area contributed by atoms with E-state index < -0.39 is 0 Å². The maximum Gasteiger partial charge on any atom is 0.119 e. The van der Waals surface area contributed by atoms with Crippen LogP contribution in [0.3, 0.4) is 0 Å². The first-order chi connectivity index (χ1) is 9.78. The third kappa shape index (κ3) is 1.62. The Morgan fingerprint density at radius 2 is 1.80 bits per heavy atom. The van der Waals surface area contributed by atoms with Gasteiger partial charge in [0.05, 0.1) is 7.11 Å². The molecule has 2 aliphatic carbocycles. The van der Waals surface area contributed by atoms with Gasteiger partial charge in [0.1, 0.15) is 5.75 Å². The Hall–Kier alpha value is -1.76. The Morgan fingerprint density at radius 1 is 0.900 bits per heavy atom. The summed E-state index contributed by atoms with van der Waals surface area (Å²) in [5, 5.41) is 0. The monoisotopic (exact) mass is 264 g/mol. The summed E-state index contributed by atoms with van der Waals surface area (Å²) in [5.41, 5.74) is 10.7. The zero-order chi connectivity index (χ0) is 13.7. The highest BCUT2D eigenvalue weighted by molar-refractivity contribution is 5.78. The third-order valence-corrected chi connectivity index (χ3v) is 4.94. The molecule has 0 aromatic heterocycles. The summed E-state index contributed by atoms with van der Waals surface area (Å²) in [4.78, 5) is 0. The van der Waals surface area contributed by atoms with Crippen molar-refractivity contribution in [1.82, 2.24) is 0 Å². The average molecular weight is 264 g/mol. The van der Waals surface area contributed by atoms with E-state index in [-0.39, 0.29) is 0 Å². The molecule has 0 saturated heterocycles. The molecule has 0 saturated carbocycles. The summed E-state index contributed by atoms with van der Waals surface area (Å²) >= 11 is 0. The fourth-order valence-electron chi connectivity index (χ4n) is 4.05. The van der Waals surface area contributed by atoms with Crippen molar-refractivity contribution in [1.29, 1.82) is 0 Å². The first kappa shape index (κ1) is 12.0. The lowest BCUT2D eigenvalue weighted by Gasteiger charge is -2.25. The van der Waals surface area contributed by atoms with Gasteiger partial charge in [-0.15, -0.1) is 0 Å². The number of methoxy groups -OCH3 is 1. The topological polar surface area (TPSA) is 9.23 Å². The molecule has 0 atom stereocenters. The second-order valence-electron chi connectivity index (χ2n) is 6.06. The molecule has 2 aromatic carbocycles. The summed E-state index contributed by atoms with van der Waals surface area (Å²) in [6.07, 6.45) is 6.23. The van der Waals surface area contributed by atoms with Crippen molar-refractivity contribution in [2.45, 2.75) is 39.0 Å². The quantitative estimate of drug-likeness (QED) is 0.748. The Balaban J connectivity index is 1.96. The van der Waals surface area contributed by atoms with Crippen LogP contribution in [0.2, 0.25) is 0 Å². The van der Waals surface area contributed by atoms with Gasteiger partial charge in [-0.05, 0) is 90.1 Å². The van der Waals surface area contributed by atoms with Gasteiger partial charge in [0.2, 0.25) is 0 Å². The number of fused-ring (bicyclic) bond motifs is 5. The van der Waals surface area contributed by atoms with E-state index >= 15 is 0 Å². The molecule has 0 amide bonds.